The van der Waals surface area contributed by atoms with Crippen molar-refractivity contribution in [2.24, 2.45) is 81.8 Å². The molecular weight excluding hydrogens is 637 g/mol. The SMILES string of the molecule is O=C(N(C1CCCCC1N(C(=O)C12CC3CC(CC(C3)C1)C2)C12CC3CC(CC(C3)C1)C2)C12CC3CC(CC(C3)C1)C2)C12CC3CC(CC(C3)C1)C2. The summed E-state index contributed by atoms with van der Waals surface area (Å²) in [5, 5.41) is 0. The van der Waals surface area contributed by atoms with Gasteiger partial charge in [-0.1, -0.05) is 12.8 Å². The highest BCUT2D eigenvalue weighted by Gasteiger charge is 2.66. The minimum absolute atomic E-state index is 0.0757. The van der Waals surface area contributed by atoms with E-state index in [4.69, 9.17) is 0 Å². The fraction of sp³-hybridized carbons (Fsp3) is 0.958. The molecule has 17 aliphatic rings. The Hall–Kier alpha value is -1.06. The Morgan fingerprint density at radius 1 is 0.327 bits per heavy atom. The smallest absolute Gasteiger partial charge is 0.229 e. The minimum Gasteiger partial charge on any atom is -0.331 e. The van der Waals surface area contributed by atoms with Gasteiger partial charge in [0.2, 0.25) is 11.8 Å². The molecule has 0 N–H and O–H groups in total. The van der Waals surface area contributed by atoms with Gasteiger partial charge in [0.1, 0.15) is 0 Å². The molecule has 284 valence electrons. The molecule has 2 amide bonds. The summed E-state index contributed by atoms with van der Waals surface area (Å²) >= 11 is 0. The van der Waals surface area contributed by atoms with Crippen LogP contribution in [0.5, 0.6) is 0 Å². The van der Waals surface area contributed by atoms with E-state index in [1.54, 1.807) is 0 Å². The lowest BCUT2D eigenvalue weighted by Crippen LogP contribution is -2.74. The Labute approximate surface area is 315 Å². The van der Waals surface area contributed by atoms with Gasteiger partial charge in [-0.25, -0.2) is 0 Å². The van der Waals surface area contributed by atoms with E-state index in [9.17, 15) is 0 Å². The Morgan fingerprint density at radius 2 is 0.538 bits per heavy atom. The number of carbonyl (C=O) groups is 2. The zero-order chi connectivity index (χ0) is 34.2. The molecule has 4 heteroatoms. The maximum atomic E-state index is 16.3. The van der Waals surface area contributed by atoms with E-state index in [0.717, 1.165) is 71.0 Å². The third kappa shape index (κ3) is 4.51. The zero-order valence-electron chi connectivity index (χ0n) is 32.6. The molecule has 2 unspecified atom stereocenters. The van der Waals surface area contributed by atoms with E-state index in [0.29, 0.717) is 11.8 Å². The van der Waals surface area contributed by atoms with Crippen LogP contribution in [-0.2, 0) is 9.59 Å². The van der Waals surface area contributed by atoms with Crippen molar-refractivity contribution in [1.29, 1.82) is 0 Å². The van der Waals surface area contributed by atoms with Crippen molar-refractivity contribution in [2.45, 2.75) is 203 Å². The van der Waals surface area contributed by atoms with Gasteiger partial charge in [0.25, 0.3) is 0 Å². The average molecular weight is 707 g/mol. The Balaban J connectivity index is 0.948. The lowest BCUT2D eigenvalue weighted by atomic mass is 9.47. The van der Waals surface area contributed by atoms with E-state index >= 15 is 9.59 Å². The van der Waals surface area contributed by atoms with Crippen LogP contribution in [-0.4, -0.2) is 44.8 Å². The molecule has 16 bridgehead atoms. The standard InChI is InChI=1S/C48H70N2O2/c51-43(45-17-29-5-30(18-45)7-31(6-29)19-45)49(47-23-35-11-36(24-47)13-37(12-35)25-47)41-3-1-2-4-42(41)50(48-26-38-14-39(27-48)16-40(15-38)28-48)44(52)46-20-32-8-33(21-46)10-34(9-32)22-46/h29-42H,1-28H2. The van der Waals surface area contributed by atoms with Gasteiger partial charge in [-0.05, 0) is 238 Å². The van der Waals surface area contributed by atoms with E-state index in [2.05, 4.69) is 9.80 Å². The summed E-state index contributed by atoms with van der Waals surface area (Å²) in [5.74, 6) is 11.2. The van der Waals surface area contributed by atoms with Gasteiger partial charge in [-0.2, -0.15) is 0 Å². The van der Waals surface area contributed by atoms with Crippen LogP contribution in [0.25, 0.3) is 0 Å². The summed E-state index contributed by atoms with van der Waals surface area (Å²) < 4.78 is 0. The highest BCUT2D eigenvalue weighted by atomic mass is 16.2. The highest BCUT2D eigenvalue weighted by molar-refractivity contribution is 5.86. The quantitative estimate of drug-likeness (QED) is 0.276. The van der Waals surface area contributed by atoms with Gasteiger partial charge in [0.15, 0.2) is 0 Å². The molecule has 0 spiro atoms. The number of hydrogen-bond acceptors (Lipinski definition) is 2. The van der Waals surface area contributed by atoms with Crippen LogP contribution in [0.4, 0.5) is 0 Å². The average Bonchev–Trinajstić information content (AvgIpc) is 3.06. The second kappa shape index (κ2) is 10.9. The fourth-order valence-corrected chi connectivity index (χ4v) is 21.1. The van der Waals surface area contributed by atoms with Crippen LogP contribution in [0, 0.1) is 81.8 Å². The second-order valence-corrected chi connectivity index (χ2v) is 24.4. The first-order valence-electron chi connectivity index (χ1n) is 23.9. The Bertz CT molecular complexity index is 1270. The first-order chi connectivity index (χ1) is 25.2. The van der Waals surface area contributed by atoms with Gasteiger partial charge >= 0.3 is 0 Å². The van der Waals surface area contributed by atoms with Crippen LogP contribution in [0.3, 0.4) is 0 Å². The van der Waals surface area contributed by atoms with Crippen molar-refractivity contribution in [3.05, 3.63) is 0 Å². The number of amides is 2. The third-order valence-corrected chi connectivity index (χ3v) is 20.8. The molecule has 0 heterocycles. The molecule has 0 aromatic heterocycles. The van der Waals surface area contributed by atoms with Crippen LogP contribution in [0.15, 0.2) is 0 Å². The number of carbonyl (C=O) groups excluding carboxylic acids is 2. The molecule has 17 aliphatic carbocycles. The van der Waals surface area contributed by atoms with E-state index in [1.807, 2.05) is 0 Å². The first-order valence-corrected chi connectivity index (χ1v) is 23.9. The van der Waals surface area contributed by atoms with Gasteiger partial charge < -0.3 is 9.80 Å². The molecule has 52 heavy (non-hydrogen) atoms. The second-order valence-electron chi connectivity index (χ2n) is 24.4. The summed E-state index contributed by atoms with van der Waals surface area (Å²) in [5.41, 5.74) is -0.0242. The van der Waals surface area contributed by atoms with Crippen molar-refractivity contribution in [3.63, 3.8) is 0 Å². The molecular formula is C48H70N2O2. The van der Waals surface area contributed by atoms with Crippen LogP contribution in [0.2, 0.25) is 0 Å². The van der Waals surface area contributed by atoms with Gasteiger partial charge in [0, 0.05) is 11.1 Å². The third-order valence-electron chi connectivity index (χ3n) is 20.8. The normalized spacial score (nSPS) is 58.2. The fourth-order valence-electron chi connectivity index (χ4n) is 21.1. The molecule has 0 aliphatic heterocycles. The molecule has 2 atom stereocenters. The highest BCUT2D eigenvalue weighted by Crippen LogP contribution is 2.67. The maximum absolute atomic E-state index is 16.3. The first kappa shape index (κ1) is 32.1. The number of hydrogen-bond donors (Lipinski definition) is 0. The van der Waals surface area contributed by atoms with Gasteiger partial charge in [0.05, 0.1) is 22.9 Å². The lowest BCUT2D eigenvalue weighted by molar-refractivity contribution is -0.200. The monoisotopic (exact) mass is 707 g/mol. The van der Waals surface area contributed by atoms with Gasteiger partial charge in [-0.3, -0.25) is 9.59 Å². The van der Waals surface area contributed by atoms with Crippen LogP contribution < -0.4 is 0 Å². The Kier molecular flexibility index (Phi) is 6.70. The minimum atomic E-state index is -0.0878. The van der Waals surface area contributed by atoms with Crippen molar-refractivity contribution in [3.8, 4) is 0 Å². The van der Waals surface area contributed by atoms with E-state index < -0.39 is 0 Å². The van der Waals surface area contributed by atoms with Crippen molar-refractivity contribution < 1.29 is 9.59 Å². The van der Waals surface area contributed by atoms with Crippen molar-refractivity contribution in [1.82, 2.24) is 9.80 Å². The largest absolute Gasteiger partial charge is 0.331 e. The maximum Gasteiger partial charge on any atom is 0.229 e. The van der Waals surface area contributed by atoms with Gasteiger partial charge in [-0.15, -0.1) is 0 Å². The summed E-state index contributed by atoms with van der Waals surface area (Å²) in [6.07, 6.45) is 36.9. The summed E-state index contributed by atoms with van der Waals surface area (Å²) in [6.45, 7) is 0. The van der Waals surface area contributed by atoms with Crippen LogP contribution >= 0.6 is 0 Å². The van der Waals surface area contributed by atoms with Crippen LogP contribution in [0.1, 0.15) is 180 Å². The topological polar surface area (TPSA) is 40.6 Å². The molecule has 17 saturated carbocycles. The number of rotatable bonds is 6. The predicted octanol–water partition coefficient (Wildman–Crippen LogP) is 10.3. The molecule has 0 aromatic rings. The zero-order valence-corrected chi connectivity index (χ0v) is 32.6. The number of nitrogens with zero attached hydrogens (tertiary/aromatic N) is 2. The molecule has 0 saturated heterocycles. The summed E-state index contributed by atoms with van der Waals surface area (Å²) in [4.78, 5) is 38.4. The Morgan fingerprint density at radius 3 is 0.769 bits per heavy atom. The molecule has 4 nitrogen and oxygen atoms in total. The van der Waals surface area contributed by atoms with Crippen molar-refractivity contribution in [2.75, 3.05) is 0 Å². The molecule has 17 fully saturated rings. The summed E-state index contributed by atoms with van der Waals surface area (Å²) in [7, 11) is 0. The van der Waals surface area contributed by atoms with Crippen molar-refractivity contribution >= 4 is 11.8 Å². The van der Waals surface area contributed by atoms with E-state index in [-0.39, 0.29) is 34.0 Å². The lowest BCUT2D eigenvalue weighted by Gasteiger charge is -2.68. The molecule has 0 aromatic carbocycles. The van der Waals surface area contributed by atoms with E-state index in [1.165, 1.54) is 180 Å². The summed E-state index contributed by atoms with van der Waals surface area (Å²) in [6, 6.07) is 0.521. The molecule has 17 rings (SSSR count). The predicted molar refractivity (Wildman–Crippen MR) is 203 cm³/mol. The molecule has 0 radical (unpaired) electrons.